The quantitative estimate of drug-likeness (QED) is 0.396. The van der Waals surface area contributed by atoms with Crippen LogP contribution in [-0.2, 0) is 4.74 Å². The van der Waals surface area contributed by atoms with Crippen molar-refractivity contribution in [1.29, 1.82) is 0 Å². The first-order chi connectivity index (χ1) is 16.6. The van der Waals surface area contributed by atoms with E-state index in [1.54, 1.807) is 12.1 Å². The summed E-state index contributed by atoms with van der Waals surface area (Å²) in [5, 5.41) is 0.736. The molecule has 34 heavy (non-hydrogen) atoms. The standard InChI is InChI=1S/C27H22F2N4O/c1-3-20-23(14-30-15-25(20)29)17(2)18-4-7-24(28)22(12-18)27-21-6-5-19(13-26(21)31-16-32-27)33-8-10-34-11-9-33/h3-7,12-16H,1-2,8-11H2. The Morgan fingerprint density at radius 1 is 1.00 bits per heavy atom. The van der Waals surface area contributed by atoms with Gasteiger partial charge in [-0.15, -0.1) is 0 Å². The van der Waals surface area contributed by atoms with Crippen molar-refractivity contribution in [3.8, 4) is 11.3 Å². The van der Waals surface area contributed by atoms with Gasteiger partial charge in [-0.2, -0.15) is 0 Å². The number of anilines is 1. The van der Waals surface area contributed by atoms with E-state index >= 15 is 4.39 Å². The first-order valence-electron chi connectivity index (χ1n) is 10.9. The number of rotatable bonds is 5. The molecule has 0 radical (unpaired) electrons. The third-order valence-electron chi connectivity index (χ3n) is 6.03. The Balaban J connectivity index is 1.57. The number of hydrogen-bond acceptors (Lipinski definition) is 5. The normalized spacial score (nSPS) is 13.8. The van der Waals surface area contributed by atoms with Crippen LogP contribution in [-0.4, -0.2) is 41.3 Å². The van der Waals surface area contributed by atoms with Crippen molar-refractivity contribution >= 4 is 28.2 Å². The zero-order valence-electron chi connectivity index (χ0n) is 18.5. The molecule has 2 aromatic carbocycles. The van der Waals surface area contributed by atoms with E-state index in [2.05, 4.69) is 33.0 Å². The molecule has 0 N–H and O–H groups in total. The van der Waals surface area contributed by atoms with E-state index in [9.17, 15) is 4.39 Å². The van der Waals surface area contributed by atoms with Gasteiger partial charge in [-0.05, 0) is 41.5 Å². The van der Waals surface area contributed by atoms with Crippen molar-refractivity contribution in [2.45, 2.75) is 0 Å². The van der Waals surface area contributed by atoms with Crippen LogP contribution >= 0.6 is 0 Å². The summed E-state index contributed by atoms with van der Waals surface area (Å²) in [7, 11) is 0. The summed E-state index contributed by atoms with van der Waals surface area (Å²) in [6.45, 7) is 10.8. The van der Waals surface area contributed by atoms with Gasteiger partial charge in [0.1, 0.15) is 18.0 Å². The first kappa shape index (κ1) is 21.9. The minimum atomic E-state index is -0.492. The summed E-state index contributed by atoms with van der Waals surface area (Å²) < 4.78 is 34.7. The number of morpholine rings is 1. The van der Waals surface area contributed by atoms with Crippen LogP contribution in [0.15, 0.2) is 68.3 Å². The van der Waals surface area contributed by atoms with Gasteiger partial charge in [0.15, 0.2) is 0 Å². The molecule has 0 atom stereocenters. The lowest BCUT2D eigenvalue weighted by atomic mass is 9.94. The van der Waals surface area contributed by atoms with Crippen molar-refractivity contribution in [3.05, 3.63) is 96.6 Å². The predicted molar refractivity (Wildman–Crippen MR) is 130 cm³/mol. The van der Waals surface area contributed by atoms with Crippen LogP contribution in [0.25, 0.3) is 33.8 Å². The molecule has 0 amide bonds. The Kier molecular flexibility index (Phi) is 5.86. The van der Waals surface area contributed by atoms with Crippen molar-refractivity contribution in [3.63, 3.8) is 0 Å². The molecule has 4 aromatic rings. The van der Waals surface area contributed by atoms with Crippen LogP contribution in [0.1, 0.15) is 16.7 Å². The van der Waals surface area contributed by atoms with Gasteiger partial charge in [0, 0.05) is 47.1 Å². The highest BCUT2D eigenvalue weighted by Crippen LogP contribution is 2.34. The van der Waals surface area contributed by atoms with E-state index in [4.69, 9.17) is 4.74 Å². The zero-order valence-corrected chi connectivity index (χ0v) is 18.5. The van der Waals surface area contributed by atoms with Crippen LogP contribution < -0.4 is 4.90 Å². The number of nitrogens with zero attached hydrogens (tertiary/aromatic N) is 4. The summed E-state index contributed by atoms with van der Waals surface area (Å²) in [6, 6.07) is 10.6. The summed E-state index contributed by atoms with van der Waals surface area (Å²) >= 11 is 0. The molecule has 0 unspecified atom stereocenters. The van der Waals surface area contributed by atoms with E-state index < -0.39 is 11.6 Å². The fourth-order valence-electron chi connectivity index (χ4n) is 4.22. The molecule has 0 aliphatic carbocycles. The Morgan fingerprint density at radius 3 is 2.62 bits per heavy atom. The Morgan fingerprint density at radius 2 is 1.82 bits per heavy atom. The van der Waals surface area contributed by atoms with Crippen molar-refractivity contribution in [2.75, 3.05) is 31.2 Å². The summed E-state index contributed by atoms with van der Waals surface area (Å²) in [5.41, 5.74) is 4.49. The van der Waals surface area contributed by atoms with Crippen molar-refractivity contribution in [2.24, 2.45) is 0 Å². The predicted octanol–water partition coefficient (Wildman–Crippen LogP) is 5.51. The second kappa shape index (κ2) is 9.11. The van der Waals surface area contributed by atoms with Crippen LogP contribution in [0.3, 0.4) is 0 Å². The van der Waals surface area contributed by atoms with E-state index in [1.807, 2.05) is 18.2 Å². The van der Waals surface area contributed by atoms with E-state index in [-0.39, 0.29) is 0 Å². The maximum Gasteiger partial charge on any atom is 0.149 e. The van der Waals surface area contributed by atoms with Crippen molar-refractivity contribution < 1.29 is 13.5 Å². The summed E-state index contributed by atoms with van der Waals surface area (Å²) in [4.78, 5) is 15.0. The first-order valence-corrected chi connectivity index (χ1v) is 10.9. The molecule has 0 bridgehead atoms. The van der Waals surface area contributed by atoms with E-state index in [1.165, 1.54) is 24.7 Å². The molecular weight excluding hydrogens is 434 g/mol. The molecule has 5 nitrogen and oxygen atoms in total. The third-order valence-corrected chi connectivity index (χ3v) is 6.03. The number of halogens is 2. The van der Waals surface area contributed by atoms with E-state index in [0.717, 1.165) is 35.9 Å². The third kappa shape index (κ3) is 3.95. The maximum absolute atomic E-state index is 15.0. The van der Waals surface area contributed by atoms with Gasteiger partial charge in [0.05, 0.1) is 30.6 Å². The highest BCUT2D eigenvalue weighted by molar-refractivity contribution is 5.95. The summed E-state index contributed by atoms with van der Waals surface area (Å²) in [5.74, 6) is -0.913. The molecule has 1 aliphatic heterocycles. The lowest BCUT2D eigenvalue weighted by Crippen LogP contribution is -2.36. The topological polar surface area (TPSA) is 51.1 Å². The molecule has 5 rings (SSSR count). The second-order valence-electron chi connectivity index (χ2n) is 7.98. The van der Waals surface area contributed by atoms with Gasteiger partial charge in [-0.3, -0.25) is 4.98 Å². The van der Waals surface area contributed by atoms with Gasteiger partial charge in [0.2, 0.25) is 0 Å². The minimum absolute atomic E-state index is 0.300. The molecule has 7 heteroatoms. The molecule has 1 fully saturated rings. The maximum atomic E-state index is 15.0. The molecular formula is C27H22F2N4O. The molecule has 1 saturated heterocycles. The molecule has 2 aromatic heterocycles. The lowest BCUT2D eigenvalue weighted by molar-refractivity contribution is 0.122. The molecule has 0 spiro atoms. The Hall–Kier alpha value is -3.97. The molecule has 3 heterocycles. The average Bonchev–Trinajstić information content (AvgIpc) is 2.88. The van der Waals surface area contributed by atoms with Crippen LogP contribution in [0, 0.1) is 11.6 Å². The molecule has 170 valence electrons. The minimum Gasteiger partial charge on any atom is -0.378 e. The number of benzene rings is 2. The summed E-state index contributed by atoms with van der Waals surface area (Å²) in [6.07, 6.45) is 5.51. The van der Waals surface area contributed by atoms with Crippen molar-refractivity contribution in [1.82, 2.24) is 15.0 Å². The highest BCUT2D eigenvalue weighted by Gasteiger charge is 2.17. The number of hydrogen-bond donors (Lipinski definition) is 0. The molecule has 1 aliphatic rings. The fourth-order valence-corrected chi connectivity index (χ4v) is 4.22. The van der Waals surface area contributed by atoms with E-state index in [0.29, 0.717) is 46.7 Å². The van der Waals surface area contributed by atoms with Crippen LogP contribution in [0.4, 0.5) is 14.5 Å². The Labute approximate surface area is 196 Å². The van der Waals surface area contributed by atoms with Gasteiger partial charge >= 0.3 is 0 Å². The smallest absolute Gasteiger partial charge is 0.149 e. The number of ether oxygens (including phenoxy) is 1. The number of fused-ring (bicyclic) bond motifs is 1. The van der Waals surface area contributed by atoms with Gasteiger partial charge < -0.3 is 9.64 Å². The highest BCUT2D eigenvalue weighted by atomic mass is 19.1. The second-order valence-corrected chi connectivity index (χ2v) is 7.98. The number of aromatic nitrogens is 3. The zero-order chi connectivity index (χ0) is 23.7. The van der Waals surface area contributed by atoms with Crippen LogP contribution in [0.5, 0.6) is 0 Å². The Bertz CT molecular complexity index is 1410. The van der Waals surface area contributed by atoms with Gasteiger partial charge in [-0.1, -0.05) is 25.3 Å². The largest absolute Gasteiger partial charge is 0.378 e. The van der Waals surface area contributed by atoms with Crippen LogP contribution in [0.2, 0.25) is 0 Å². The molecule has 0 saturated carbocycles. The van der Waals surface area contributed by atoms with Gasteiger partial charge in [-0.25, -0.2) is 18.7 Å². The van der Waals surface area contributed by atoms with Gasteiger partial charge in [0.25, 0.3) is 0 Å². The fraction of sp³-hybridized carbons (Fsp3) is 0.148. The SMILES string of the molecule is C=Cc1c(F)cncc1C(=C)c1ccc(F)c(-c2ncnc3cc(N4CCOCC4)ccc23)c1. The lowest BCUT2D eigenvalue weighted by Gasteiger charge is -2.29. The monoisotopic (exact) mass is 456 g/mol. The average molecular weight is 456 g/mol. The number of pyridine rings is 1.